The molecule has 2 aliphatic rings. The highest BCUT2D eigenvalue weighted by atomic mass is 16.5. The van der Waals surface area contributed by atoms with Crippen LogP contribution in [0.1, 0.15) is 41.6 Å². The van der Waals surface area contributed by atoms with Gasteiger partial charge in [0.15, 0.2) is 0 Å². The minimum absolute atomic E-state index is 0.00508. The lowest BCUT2D eigenvalue weighted by Gasteiger charge is -2.25. The number of aryl methyl sites for hydroxylation is 1. The summed E-state index contributed by atoms with van der Waals surface area (Å²) in [5, 5.41) is 3.07. The van der Waals surface area contributed by atoms with E-state index in [2.05, 4.69) is 21.8 Å². The minimum Gasteiger partial charge on any atom is -0.491 e. The molecule has 1 amide bonds. The second kappa shape index (κ2) is 6.30. The number of imidazole rings is 1. The number of fused-ring (bicyclic) bond motifs is 2. The number of rotatable bonds is 3. The molecule has 2 aliphatic heterocycles. The van der Waals surface area contributed by atoms with Gasteiger partial charge in [-0.1, -0.05) is 31.5 Å². The lowest BCUT2D eigenvalue weighted by Crippen LogP contribution is -2.42. The van der Waals surface area contributed by atoms with Crippen LogP contribution < -0.4 is 10.1 Å². The maximum Gasteiger partial charge on any atom is 0.271 e. The smallest absolute Gasteiger partial charge is 0.271 e. The van der Waals surface area contributed by atoms with E-state index in [-0.39, 0.29) is 11.9 Å². The van der Waals surface area contributed by atoms with E-state index in [4.69, 9.17) is 4.74 Å². The van der Waals surface area contributed by atoms with Crippen molar-refractivity contribution in [1.82, 2.24) is 14.9 Å². The molecular formula is C19H23N3O2. The molecule has 5 heteroatoms. The van der Waals surface area contributed by atoms with Crippen LogP contribution in [0.25, 0.3) is 0 Å². The predicted octanol–water partition coefficient (Wildman–Crippen LogP) is 2.59. The maximum atomic E-state index is 12.6. The fourth-order valence-corrected chi connectivity index (χ4v) is 3.64. The SMILES string of the molecule is CCC1CCc2nc(C(=O)N[C@H]3COc4ccccc4C3)cn2C1. The summed E-state index contributed by atoms with van der Waals surface area (Å²) in [4.78, 5) is 17.1. The van der Waals surface area contributed by atoms with Gasteiger partial charge in [0.05, 0.1) is 6.04 Å². The minimum atomic E-state index is -0.0991. The molecule has 0 fully saturated rings. The molecule has 1 aromatic carbocycles. The van der Waals surface area contributed by atoms with E-state index >= 15 is 0 Å². The fraction of sp³-hybridized carbons (Fsp3) is 0.474. The van der Waals surface area contributed by atoms with Crippen molar-refractivity contribution in [2.45, 2.75) is 45.2 Å². The van der Waals surface area contributed by atoms with Gasteiger partial charge in [0.1, 0.15) is 23.9 Å². The molecule has 0 aliphatic carbocycles. The predicted molar refractivity (Wildman–Crippen MR) is 91.2 cm³/mol. The lowest BCUT2D eigenvalue weighted by molar-refractivity contribution is 0.0910. The number of nitrogens with one attached hydrogen (secondary N) is 1. The van der Waals surface area contributed by atoms with Gasteiger partial charge in [-0.3, -0.25) is 4.79 Å². The zero-order valence-corrected chi connectivity index (χ0v) is 14.0. The number of hydrogen-bond acceptors (Lipinski definition) is 3. The number of aromatic nitrogens is 2. The van der Waals surface area contributed by atoms with E-state index < -0.39 is 0 Å². The van der Waals surface area contributed by atoms with Gasteiger partial charge in [-0.15, -0.1) is 0 Å². The standard InChI is InChI=1S/C19H23N3O2/c1-2-13-7-8-18-21-16(11-22(18)10-13)19(23)20-15-9-14-5-3-4-6-17(14)24-12-15/h3-6,11,13,15H,2,7-10,12H2,1H3,(H,20,23)/t13?,15-/m1/s1. The number of carbonyl (C=O) groups excluding carboxylic acids is 1. The van der Waals surface area contributed by atoms with Crippen LogP contribution in [0, 0.1) is 5.92 Å². The first-order valence-electron chi connectivity index (χ1n) is 8.80. The number of benzene rings is 1. The van der Waals surface area contributed by atoms with E-state index in [9.17, 15) is 4.79 Å². The molecule has 4 rings (SSSR count). The van der Waals surface area contributed by atoms with Crippen molar-refractivity contribution in [2.24, 2.45) is 5.92 Å². The molecular weight excluding hydrogens is 302 g/mol. The van der Waals surface area contributed by atoms with Crippen LogP contribution in [-0.2, 0) is 19.4 Å². The molecule has 1 N–H and O–H groups in total. The van der Waals surface area contributed by atoms with E-state index in [0.717, 1.165) is 36.5 Å². The van der Waals surface area contributed by atoms with Gasteiger partial charge < -0.3 is 14.6 Å². The van der Waals surface area contributed by atoms with Crippen molar-refractivity contribution in [2.75, 3.05) is 6.61 Å². The number of carbonyl (C=O) groups is 1. The van der Waals surface area contributed by atoms with Crippen LogP contribution in [0.3, 0.4) is 0 Å². The van der Waals surface area contributed by atoms with Gasteiger partial charge in [-0.05, 0) is 30.4 Å². The molecule has 0 saturated heterocycles. The third kappa shape index (κ3) is 2.90. The molecule has 1 unspecified atom stereocenters. The summed E-state index contributed by atoms with van der Waals surface area (Å²) < 4.78 is 7.89. The Hall–Kier alpha value is -2.30. The van der Waals surface area contributed by atoms with Crippen molar-refractivity contribution >= 4 is 5.91 Å². The quantitative estimate of drug-likeness (QED) is 0.944. The van der Waals surface area contributed by atoms with Crippen LogP contribution >= 0.6 is 0 Å². The number of nitrogens with zero attached hydrogens (tertiary/aromatic N) is 2. The Morgan fingerprint density at radius 2 is 2.29 bits per heavy atom. The summed E-state index contributed by atoms with van der Waals surface area (Å²) in [6, 6.07) is 7.99. The monoisotopic (exact) mass is 325 g/mol. The van der Waals surface area contributed by atoms with Crippen LogP contribution in [0.4, 0.5) is 0 Å². The number of amides is 1. The molecule has 2 aromatic rings. The van der Waals surface area contributed by atoms with Gasteiger partial charge in [0.2, 0.25) is 0 Å². The van der Waals surface area contributed by atoms with Crippen molar-refractivity contribution in [3.63, 3.8) is 0 Å². The molecule has 5 nitrogen and oxygen atoms in total. The zero-order valence-electron chi connectivity index (χ0n) is 14.0. The van der Waals surface area contributed by atoms with Crippen LogP contribution in [0.5, 0.6) is 5.75 Å². The van der Waals surface area contributed by atoms with E-state index in [0.29, 0.717) is 18.2 Å². The summed E-state index contributed by atoms with van der Waals surface area (Å²) in [7, 11) is 0. The lowest BCUT2D eigenvalue weighted by atomic mass is 9.97. The topological polar surface area (TPSA) is 56.1 Å². The van der Waals surface area contributed by atoms with Crippen LogP contribution in [-0.4, -0.2) is 28.1 Å². The summed E-state index contributed by atoms with van der Waals surface area (Å²) in [6.45, 7) is 3.71. The second-order valence-electron chi connectivity index (χ2n) is 6.80. The average Bonchev–Trinajstić information content (AvgIpc) is 3.05. The molecule has 126 valence electrons. The first-order chi connectivity index (χ1) is 11.7. The summed E-state index contributed by atoms with van der Waals surface area (Å²) in [5.41, 5.74) is 1.67. The second-order valence-corrected chi connectivity index (χ2v) is 6.80. The molecule has 24 heavy (non-hydrogen) atoms. The van der Waals surface area contributed by atoms with Crippen LogP contribution in [0.15, 0.2) is 30.5 Å². The van der Waals surface area contributed by atoms with Crippen molar-refractivity contribution < 1.29 is 9.53 Å². The largest absolute Gasteiger partial charge is 0.491 e. The highest BCUT2D eigenvalue weighted by Gasteiger charge is 2.25. The Bertz CT molecular complexity index is 753. The van der Waals surface area contributed by atoms with E-state index in [1.165, 1.54) is 12.8 Å². The normalized spacial score (nSPS) is 22.2. The van der Waals surface area contributed by atoms with Gasteiger partial charge in [0, 0.05) is 19.2 Å². The average molecular weight is 325 g/mol. The summed E-state index contributed by atoms with van der Waals surface area (Å²) in [5.74, 6) is 2.56. The Kier molecular flexibility index (Phi) is 4.00. The molecule has 0 bridgehead atoms. The number of hydrogen-bond donors (Lipinski definition) is 1. The van der Waals surface area contributed by atoms with Gasteiger partial charge in [-0.2, -0.15) is 0 Å². The molecule has 1 aromatic heterocycles. The van der Waals surface area contributed by atoms with Crippen molar-refractivity contribution in [3.05, 3.63) is 47.5 Å². The Labute approximate surface area is 142 Å². The molecule has 3 heterocycles. The molecule has 2 atom stereocenters. The highest BCUT2D eigenvalue weighted by Crippen LogP contribution is 2.25. The molecule has 0 spiro atoms. The Balaban J connectivity index is 1.43. The van der Waals surface area contributed by atoms with Crippen LogP contribution in [0.2, 0.25) is 0 Å². The van der Waals surface area contributed by atoms with Crippen molar-refractivity contribution in [3.8, 4) is 5.75 Å². The third-order valence-corrected chi connectivity index (χ3v) is 5.11. The summed E-state index contributed by atoms with van der Waals surface area (Å²) >= 11 is 0. The number of ether oxygens (including phenoxy) is 1. The van der Waals surface area contributed by atoms with E-state index in [1.807, 2.05) is 30.5 Å². The highest BCUT2D eigenvalue weighted by molar-refractivity contribution is 5.92. The van der Waals surface area contributed by atoms with Gasteiger partial charge in [0.25, 0.3) is 5.91 Å². The Morgan fingerprint density at radius 1 is 1.42 bits per heavy atom. The van der Waals surface area contributed by atoms with Gasteiger partial charge >= 0.3 is 0 Å². The van der Waals surface area contributed by atoms with Gasteiger partial charge in [-0.25, -0.2) is 4.98 Å². The molecule has 0 radical (unpaired) electrons. The van der Waals surface area contributed by atoms with E-state index in [1.54, 1.807) is 0 Å². The summed E-state index contributed by atoms with van der Waals surface area (Å²) in [6.07, 6.45) is 6.02. The number of para-hydroxylation sites is 1. The van der Waals surface area contributed by atoms with Crippen molar-refractivity contribution in [1.29, 1.82) is 0 Å². The fourth-order valence-electron chi connectivity index (χ4n) is 3.64. The first-order valence-corrected chi connectivity index (χ1v) is 8.80. The zero-order chi connectivity index (χ0) is 16.5. The molecule has 0 saturated carbocycles. The maximum absolute atomic E-state index is 12.6. The first kappa shape index (κ1) is 15.2. The Morgan fingerprint density at radius 3 is 3.17 bits per heavy atom. The third-order valence-electron chi connectivity index (χ3n) is 5.11.